The van der Waals surface area contributed by atoms with Gasteiger partial charge in [0.05, 0.1) is 11.4 Å². The van der Waals surface area contributed by atoms with Crippen molar-refractivity contribution in [3.63, 3.8) is 0 Å². The molecule has 0 bridgehead atoms. The lowest BCUT2D eigenvalue weighted by atomic mass is 10.0. The van der Waals surface area contributed by atoms with Gasteiger partial charge in [-0.15, -0.1) is 0 Å². The number of benzene rings is 1. The first kappa shape index (κ1) is 20.0. The Labute approximate surface area is 167 Å². The summed E-state index contributed by atoms with van der Waals surface area (Å²) in [6.07, 6.45) is 3.46. The molecule has 0 spiro atoms. The van der Waals surface area contributed by atoms with Crippen LogP contribution in [0.25, 0.3) is 22.5 Å². The van der Waals surface area contributed by atoms with Crippen LogP contribution in [0.5, 0.6) is 0 Å². The zero-order valence-electron chi connectivity index (χ0n) is 15.9. The van der Waals surface area contributed by atoms with Crippen LogP contribution >= 0.6 is 11.6 Å². The monoisotopic (exact) mass is 403 g/mol. The van der Waals surface area contributed by atoms with Crippen LogP contribution in [-0.4, -0.2) is 32.3 Å². The van der Waals surface area contributed by atoms with Crippen molar-refractivity contribution in [1.82, 2.24) is 19.7 Å². The SMILES string of the molecule is CC(C)n1cc(-c2ccnc(NC[C@H](C)N)n2)c(-c2cc(Cl)cc(N)c2F)n1. The molecule has 148 valence electrons. The van der Waals surface area contributed by atoms with Gasteiger partial charge in [0.15, 0.2) is 5.82 Å². The summed E-state index contributed by atoms with van der Waals surface area (Å²) in [5, 5.41) is 7.98. The highest BCUT2D eigenvalue weighted by Gasteiger charge is 2.20. The molecule has 0 saturated carbocycles. The number of nitrogen functional groups attached to an aromatic ring is 1. The Hall–Kier alpha value is -2.71. The Morgan fingerprint density at radius 3 is 2.68 bits per heavy atom. The van der Waals surface area contributed by atoms with E-state index in [4.69, 9.17) is 23.1 Å². The largest absolute Gasteiger partial charge is 0.396 e. The lowest BCUT2D eigenvalue weighted by molar-refractivity contribution is 0.533. The van der Waals surface area contributed by atoms with Crippen molar-refractivity contribution in [1.29, 1.82) is 0 Å². The summed E-state index contributed by atoms with van der Waals surface area (Å²) < 4.78 is 16.5. The maximum absolute atomic E-state index is 14.8. The Bertz CT molecular complexity index is 984. The maximum Gasteiger partial charge on any atom is 0.223 e. The molecule has 0 unspecified atom stereocenters. The number of hydrogen-bond acceptors (Lipinski definition) is 6. The van der Waals surface area contributed by atoms with E-state index in [0.717, 1.165) is 0 Å². The van der Waals surface area contributed by atoms with E-state index >= 15 is 0 Å². The molecule has 2 heterocycles. The van der Waals surface area contributed by atoms with E-state index in [1.165, 1.54) is 12.1 Å². The van der Waals surface area contributed by atoms with Crippen molar-refractivity contribution in [3.8, 4) is 22.5 Å². The molecule has 7 nitrogen and oxygen atoms in total. The fourth-order valence-corrected chi connectivity index (χ4v) is 2.90. The highest BCUT2D eigenvalue weighted by atomic mass is 35.5. The summed E-state index contributed by atoms with van der Waals surface area (Å²) in [7, 11) is 0. The van der Waals surface area contributed by atoms with Crippen LogP contribution in [0.4, 0.5) is 16.0 Å². The fraction of sp³-hybridized carbons (Fsp3) is 0.316. The third kappa shape index (κ3) is 4.23. The highest BCUT2D eigenvalue weighted by molar-refractivity contribution is 6.31. The first-order valence-electron chi connectivity index (χ1n) is 8.93. The van der Waals surface area contributed by atoms with Crippen molar-refractivity contribution < 1.29 is 4.39 Å². The summed E-state index contributed by atoms with van der Waals surface area (Å²) in [5.41, 5.74) is 13.4. The molecular weight excluding hydrogens is 381 g/mol. The quantitative estimate of drug-likeness (QED) is 0.541. The summed E-state index contributed by atoms with van der Waals surface area (Å²) in [6.45, 7) is 6.38. The van der Waals surface area contributed by atoms with E-state index in [0.29, 0.717) is 34.5 Å². The minimum absolute atomic E-state index is 0.0328. The summed E-state index contributed by atoms with van der Waals surface area (Å²) in [5.74, 6) is -0.131. The van der Waals surface area contributed by atoms with Crippen LogP contribution in [0.15, 0.2) is 30.6 Å². The van der Waals surface area contributed by atoms with Gasteiger partial charge in [-0.3, -0.25) is 4.68 Å². The lowest BCUT2D eigenvalue weighted by Gasteiger charge is -2.09. The van der Waals surface area contributed by atoms with Crippen LogP contribution in [0.2, 0.25) is 5.02 Å². The van der Waals surface area contributed by atoms with Crippen LogP contribution in [0, 0.1) is 5.82 Å². The molecule has 3 rings (SSSR count). The molecule has 0 aliphatic heterocycles. The number of nitrogens with zero attached hydrogens (tertiary/aromatic N) is 4. The van der Waals surface area contributed by atoms with Gasteiger partial charge in [0.2, 0.25) is 5.95 Å². The molecular formula is C19H23ClFN7. The second-order valence-electron chi connectivity index (χ2n) is 6.95. The molecule has 1 aromatic carbocycles. The molecule has 0 aliphatic rings. The average Bonchev–Trinajstić information content (AvgIpc) is 3.09. The third-order valence-corrected chi connectivity index (χ3v) is 4.31. The van der Waals surface area contributed by atoms with Crippen LogP contribution < -0.4 is 16.8 Å². The average molecular weight is 404 g/mol. The Kier molecular flexibility index (Phi) is 5.81. The number of aromatic nitrogens is 4. The van der Waals surface area contributed by atoms with Crippen molar-refractivity contribution in [2.24, 2.45) is 5.73 Å². The van der Waals surface area contributed by atoms with E-state index < -0.39 is 5.82 Å². The van der Waals surface area contributed by atoms with Gasteiger partial charge in [-0.05, 0) is 39.0 Å². The Morgan fingerprint density at radius 2 is 2.00 bits per heavy atom. The van der Waals surface area contributed by atoms with E-state index in [2.05, 4.69) is 20.4 Å². The topological polar surface area (TPSA) is 108 Å². The zero-order chi connectivity index (χ0) is 20.4. The van der Waals surface area contributed by atoms with Gasteiger partial charge in [-0.1, -0.05) is 11.6 Å². The number of nitrogens with two attached hydrogens (primary N) is 2. The molecule has 2 aromatic heterocycles. The second kappa shape index (κ2) is 8.12. The molecule has 0 aliphatic carbocycles. The minimum atomic E-state index is -0.566. The fourth-order valence-electron chi connectivity index (χ4n) is 2.67. The number of halogens is 2. The first-order chi connectivity index (χ1) is 13.3. The normalized spacial score (nSPS) is 12.4. The second-order valence-corrected chi connectivity index (χ2v) is 7.38. The maximum atomic E-state index is 14.8. The number of hydrogen-bond donors (Lipinski definition) is 3. The lowest BCUT2D eigenvalue weighted by Crippen LogP contribution is -2.25. The summed E-state index contributed by atoms with van der Waals surface area (Å²) in [4.78, 5) is 8.74. The van der Waals surface area contributed by atoms with Gasteiger partial charge in [0, 0.05) is 47.2 Å². The molecule has 1 atom stereocenters. The van der Waals surface area contributed by atoms with Crippen LogP contribution in [0.3, 0.4) is 0 Å². The third-order valence-electron chi connectivity index (χ3n) is 4.10. The predicted octanol–water partition coefficient (Wildman–Crippen LogP) is 3.72. The smallest absolute Gasteiger partial charge is 0.223 e. The van der Waals surface area contributed by atoms with E-state index in [-0.39, 0.29) is 23.3 Å². The first-order valence-corrected chi connectivity index (χ1v) is 9.31. The number of nitrogens with one attached hydrogen (secondary N) is 1. The van der Waals surface area contributed by atoms with Crippen LogP contribution in [-0.2, 0) is 0 Å². The Balaban J connectivity index is 2.13. The highest BCUT2D eigenvalue weighted by Crippen LogP contribution is 2.36. The molecule has 0 amide bonds. The number of anilines is 2. The van der Waals surface area contributed by atoms with Gasteiger partial charge in [-0.25, -0.2) is 14.4 Å². The minimum Gasteiger partial charge on any atom is -0.396 e. The molecule has 0 saturated heterocycles. The molecule has 28 heavy (non-hydrogen) atoms. The van der Waals surface area contributed by atoms with E-state index in [1.54, 1.807) is 16.9 Å². The van der Waals surface area contributed by atoms with Gasteiger partial charge in [-0.2, -0.15) is 5.10 Å². The molecule has 0 radical (unpaired) electrons. The standard InChI is InChI=1S/C19H23ClFN7/c1-10(2)28-9-14(16-4-5-24-19(26-16)25-8-11(3)22)18(27-28)13-6-12(20)7-15(23)17(13)21/h4-7,9-11H,8,22-23H2,1-3H3,(H,24,25,26)/t11-/m0/s1. The van der Waals surface area contributed by atoms with E-state index in [1.807, 2.05) is 27.0 Å². The van der Waals surface area contributed by atoms with Gasteiger partial charge in [0.25, 0.3) is 0 Å². The van der Waals surface area contributed by atoms with Crippen molar-refractivity contribution >= 4 is 23.2 Å². The molecule has 9 heteroatoms. The molecule has 0 fully saturated rings. The van der Waals surface area contributed by atoms with Gasteiger partial charge >= 0.3 is 0 Å². The van der Waals surface area contributed by atoms with E-state index in [9.17, 15) is 4.39 Å². The summed E-state index contributed by atoms with van der Waals surface area (Å²) >= 11 is 6.11. The zero-order valence-corrected chi connectivity index (χ0v) is 16.7. The van der Waals surface area contributed by atoms with Crippen molar-refractivity contribution in [2.75, 3.05) is 17.6 Å². The Morgan fingerprint density at radius 1 is 1.25 bits per heavy atom. The summed E-state index contributed by atoms with van der Waals surface area (Å²) in [6, 6.07) is 4.66. The van der Waals surface area contributed by atoms with Crippen molar-refractivity contribution in [2.45, 2.75) is 32.9 Å². The molecule has 5 N–H and O–H groups in total. The predicted molar refractivity (Wildman–Crippen MR) is 111 cm³/mol. The van der Waals surface area contributed by atoms with Crippen molar-refractivity contribution in [3.05, 3.63) is 41.4 Å². The van der Waals surface area contributed by atoms with Gasteiger partial charge in [0.1, 0.15) is 5.69 Å². The van der Waals surface area contributed by atoms with Gasteiger partial charge < -0.3 is 16.8 Å². The van der Waals surface area contributed by atoms with Crippen LogP contribution in [0.1, 0.15) is 26.8 Å². The molecule has 3 aromatic rings. The number of rotatable bonds is 6.